The molecule has 13 heteroatoms. The molecule has 0 saturated carbocycles. The molecular weight excluding hydrogens is 644 g/mol. The van der Waals surface area contributed by atoms with Crippen LogP contribution in [0.1, 0.15) is 69.1 Å². The van der Waals surface area contributed by atoms with Gasteiger partial charge in [0.15, 0.2) is 6.10 Å². The SMILES string of the molecule is CCOC(=O)N1CCN(C(=O)[C@H](CCC(=O)OC(C)(C)C)NC(=O)c2cc(O[C@H](C)C(=O)OCc3ccccc3)c3ccc(C)cc3n2)CC1. The molecule has 0 aliphatic carbocycles. The van der Waals surface area contributed by atoms with E-state index >= 15 is 0 Å². The van der Waals surface area contributed by atoms with Crippen molar-refractivity contribution in [3.63, 3.8) is 0 Å². The average Bonchev–Trinajstić information content (AvgIpc) is 3.08. The molecule has 268 valence electrons. The molecule has 1 saturated heterocycles. The monoisotopic (exact) mass is 690 g/mol. The quantitative estimate of drug-likeness (QED) is 0.211. The van der Waals surface area contributed by atoms with Crippen LogP contribution in [0.3, 0.4) is 0 Å². The molecule has 13 nitrogen and oxygen atoms in total. The minimum absolute atomic E-state index is 0.0298. The molecule has 2 heterocycles. The fraction of sp³-hybridized carbons (Fsp3) is 0.459. The van der Waals surface area contributed by atoms with Gasteiger partial charge in [0.25, 0.3) is 5.91 Å². The minimum Gasteiger partial charge on any atom is -0.478 e. The Balaban J connectivity index is 1.54. The van der Waals surface area contributed by atoms with Crippen molar-refractivity contribution in [2.75, 3.05) is 32.8 Å². The molecule has 50 heavy (non-hydrogen) atoms. The summed E-state index contributed by atoms with van der Waals surface area (Å²) in [7, 11) is 0. The van der Waals surface area contributed by atoms with E-state index in [-0.39, 0.29) is 63.7 Å². The van der Waals surface area contributed by atoms with Crippen LogP contribution >= 0.6 is 0 Å². The van der Waals surface area contributed by atoms with Crippen molar-refractivity contribution in [1.82, 2.24) is 20.1 Å². The first kappa shape index (κ1) is 37.6. The molecule has 1 aliphatic rings. The molecule has 0 unspecified atom stereocenters. The van der Waals surface area contributed by atoms with Gasteiger partial charge < -0.3 is 34.1 Å². The van der Waals surface area contributed by atoms with E-state index in [1.807, 2.05) is 43.3 Å². The van der Waals surface area contributed by atoms with Crippen molar-refractivity contribution in [3.8, 4) is 5.75 Å². The molecule has 3 amide bonds. The Morgan fingerprint density at radius 3 is 2.26 bits per heavy atom. The van der Waals surface area contributed by atoms with E-state index in [1.54, 1.807) is 51.7 Å². The summed E-state index contributed by atoms with van der Waals surface area (Å²) in [4.78, 5) is 72.9. The van der Waals surface area contributed by atoms with E-state index in [0.717, 1.165) is 11.1 Å². The predicted molar refractivity (Wildman–Crippen MR) is 184 cm³/mol. The first-order valence-electron chi connectivity index (χ1n) is 16.8. The maximum absolute atomic E-state index is 13.8. The highest BCUT2D eigenvalue weighted by atomic mass is 16.6. The number of nitrogens with one attached hydrogen (secondary N) is 1. The fourth-order valence-corrected chi connectivity index (χ4v) is 5.29. The lowest BCUT2D eigenvalue weighted by atomic mass is 10.1. The summed E-state index contributed by atoms with van der Waals surface area (Å²) >= 11 is 0. The molecule has 2 atom stereocenters. The number of nitrogens with zero attached hydrogens (tertiary/aromatic N) is 3. The zero-order valence-corrected chi connectivity index (χ0v) is 29.5. The van der Waals surface area contributed by atoms with E-state index in [0.29, 0.717) is 10.9 Å². The second-order valence-corrected chi connectivity index (χ2v) is 13.0. The van der Waals surface area contributed by atoms with Gasteiger partial charge >= 0.3 is 18.0 Å². The van der Waals surface area contributed by atoms with Crippen LogP contribution in [0.25, 0.3) is 10.9 Å². The van der Waals surface area contributed by atoms with E-state index in [9.17, 15) is 24.0 Å². The maximum atomic E-state index is 13.8. The Morgan fingerprint density at radius 1 is 0.920 bits per heavy atom. The topological polar surface area (TPSA) is 154 Å². The van der Waals surface area contributed by atoms with Gasteiger partial charge in [-0.3, -0.25) is 14.4 Å². The van der Waals surface area contributed by atoms with E-state index in [2.05, 4.69) is 10.3 Å². The lowest BCUT2D eigenvalue weighted by Crippen LogP contribution is -2.56. The number of benzene rings is 2. The van der Waals surface area contributed by atoms with Gasteiger partial charge in [-0.1, -0.05) is 36.4 Å². The average molecular weight is 691 g/mol. The van der Waals surface area contributed by atoms with Crippen LogP contribution in [-0.4, -0.2) is 95.2 Å². The number of carbonyl (C=O) groups is 5. The molecule has 0 radical (unpaired) electrons. The largest absolute Gasteiger partial charge is 0.478 e. The minimum atomic E-state index is -1.10. The van der Waals surface area contributed by atoms with Crippen LogP contribution < -0.4 is 10.1 Å². The van der Waals surface area contributed by atoms with Crippen LogP contribution in [0, 0.1) is 6.92 Å². The van der Waals surface area contributed by atoms with Crippen molar-refractivity contribution in [2.24, 2.45) is 0 Å². The normalized spacial score (nSPS) is 14.4. The predicted octanol–water partition coefficient (Wildman–Crippen LogP) is 4.57. The fourth-order valence-electron chi connectivity index (χ4n) is 5.29. The highest BCUT2D eigenvalue weighted by Gasteiger charge is 2.32. The Bertz CT molecular complexity index is 1680. The lowest BCUT2D eigenvalue weighted by Gasteiger charge is -2.36. The number of pyridine rings is 1. The van der Waals surface area contributed by atoms with Crippen molar-refractivity contribution < 1.29 is 42.9 Å². The summed E-state index contributed by atoms with van der Waals surface area (Å²) in [5.41, 5.74) is 1.39. The highest BCUT2D eigenvalue weighted by Crippen LogP contribution is 2.28. The number of ether oxygens (including phenoxy) is 4. The van der Waals surface area contributed by atoms with Crippen LogP contribution in [0.4, 0.5) is 4.79 Å². The van der Waals surface area contributed by atoms with Crippen LogP contribution in [0.15, 0.2) is 54.6 Å². The Kier molecular flexibility index (Phi) is 12.8. The number of rotatable bonds is 12. The van der Waals surface area contributed by atoms with Crippen LogP contribution in [0.5, 0.6) is 5.75 Å². The van der Waals surface area contributed by atoms with Crippen LogP contribution in [-0.2, 0) is 35.2 Å². The van der Waals surface area contributed by atoms with Gasteiger partial charge in [-0.2, -0.15) is 0 Å². The third kappa shape index (κ3) is 10.6. The zero-order valence-electron chi connectivity index (χ0n) is 29.5. The molecule has 0 spiro atoms. The van der Waals surface area contributed by atoms with Gasteiger partial charge in [0.1, 0.15) is 29.7 Å². The number of carbonyl (C=O) groups excluding carboxylic acids is 5. The second kappa shape index (κ2) is 17.0. The van der Waals surface area contributed by atoms with Crippen molar-refractivity contribution in [1.29, 1.82) is 0 Å². The molecule has 4 rings (SSSR count). The summed E-state index contributed by atoms with van der Waals surface area (Å²) in [6.45, 7) is 11.7. The first-order chi connectivity index (χ1) is 23.7. The number of aromatic nitrogens is 1. The van der Waals surface area contributed by atoms with E-state index in [4.69, 9.17) is 18.9 Å². The number of fused-ring (bicyclic) bond motifs is 1. The number of hydrogen-bond acceptors (Lipinski definition) is 10. The maximum Gasteiger partial charge on any atom is 0.409 e. The van der Waals surface area contributed by atoms with Gasteiger partial charge in [0.05, 0.1) is 12.1 Å². The van der Waals surface area contributed by atoms with Crippen molar-refractivity contribution >= 4 is 40.7 Å². The number of hydrogen-bond donors (Lipinski definition) is 1. The molecule has 1 aromatic heterocycles. The van der Waals surface area contributed by atoms with Crippen molar-refractivity contribution in [2.45, 2.75) is 78.7 Å². The van der Waals surface area contributed by atoms with Crippen molar-refractivity contribution in [3.05, 3.63) is 71.4 Å². The molecular formula is C37H46N4O9. The molecule has 1 aliphatic heterocycles. The lowest BCUT2D eigenvalue weighted by molar-refractivity contribution is -0.155. The number of piperazine rings is 1. The number of esters is 2. The summed E-state index contributed by atoms with van der Waals surface area (Å²) in [5, 5.41) is 3.35. The van der Waals surface area contributed by atoms with Gasteiger partial charge in [0.2, 0.25) is 5.91 Å². The summed E-state index contributed by atoms with van der Waals surface area (Å²) < 4.78 is 22.0. The second-order valence-electron chi connectivity index (χ2n) is 13.0. The van der Waals surface area contributed by atoms with Gasteiger partial charge in [-0.15, -0.1) is 0 Å². The highest BCUT2D eigenvalue weighted by molar-refractivity contribution is 5.99. The zero-order chi connectivity index (χ0) is 36.4. The number of aryl methyl sites for hydroxylation is 1. The summed E-state index contributed by atoms with van der Waals surface area (Å²) in [6, 6.07) is 15.0. The molecule has 0 bridgehead atoms. The molecule has 1 N–H and O–H groups in total. The van der Waals surface area contributed by atoms with Gasteiger partial charge in [0, 0.05) is 44.1 Å². The van der Waals surface area contributed by atoms with E-state index in [1.165, 1.54) is 11.0 Å². The van der Waals surface area contributed by atoms with Gasteiger partial charge in [-0.05, 0) is 71.2 Å². The number of amides is 3. The molecule has 2 aromatic carbocycles. The van der Waals surface area contributed by atoms with E-state index < -0.39 is 47.6 Å². The Morgan fingerprint density at radius 2 is 1.60 bits per heavy atom. The summed E-state index contributed by atoms with van der Waals surface area (Å²) in [6.07, 6.45) is -1.63. The third-order valence-electron chi connectivity index (χ3n) is 7.80. The standard InChI is InChI=1S/C37H46N4O9/c1-7-47-36(46)41-19-17-40(18-20-41)34(44)28(15-16-32(42)50-37(4,5)6)39-33(43)30-22-31(27-14-13-24(2)21-29(27)38-30)49-25(3)35(45)48-23-26-11-9-8-10-12-26/h8-14,21-22,25,28H,7,15-20,23H2,1-6H3,(H,39,43)/t25-,28+/m1/s1. The smallest absolute Gasteiger partial charge is 0.409 e. The Hall–Kier alpha value is -5.20. The molecule has 3 aromatic rings. The molecule has 1 fully saturated rings. The Labute approximate surface area is 292 Å². The van der Waals surface area contributed by atoms with Crippen LogP contribution in [0.2, 0.25) is 0 Å². The first-order valence-corrected chi connectivity index (χ1v) is 16.8. The van der Waals surface area contributed by atoms with Gasteiger partial charge in [-0.25, -0.2) is 14.6 Å². The summed E-state index contributed by atoms with van der Waals surface area (Å²) in [5.74, 6) is -1.96. The third-order valence-corrected chi connectivity index (χ3v) is 7.80.